The highest BCUT2D eigenvalue weighted by Gasteiger charge is 2.12. The van der Waals surface area contributed by atoms with Crippen molar-refractivity contribution >= 4 is 29.1 Å². The van der Waals surface area contributed by atoms with Crippen LogP contribution in [0.2, 0.25) is 0 Å². The van der Waals surface area contributed by atoms with Crippen molar-refractivity contribution in [3.05, 3.63) is 46.4 Å². The average Bonchev–Trinajstić information content (AvgIpc) is 2.96. The standard InChI is InChI=1S/C15H15N5O3S/c1-9-6-12(21)17-14-18-19-15(20(9)14)24-8-13(22)16-10-4-3-5-11(7-10)23-2/h3-7H,8H2,1-2H3,(H,16,22)(H,17,18,21). The Morgan fingerprint density at radius 2 is 2.21 bits per heavy atom. The third-order valence-electron chi connectivity index (χ3n) is 3.25. The summed E-state index contributed by atoms with van der Waals surface area (Å²) in [6.07, 6.45) is 0. The number of hydrogen-bond donors (Lipinski definition) is 2. The van der Waals surface area contributed by atoms with Gasteiger partial charge in [-0.25, -0.2) is 0 Å². The summed E-state index contributed by atoms with van der Waals surface area (Å²) < 4.78 is 6.82. The van der Waals surface area contributed by atoms with Crippen molar-refractivity contribution in [2.24, 2.45) is 0 Å². The topological polar surface area (TPSA) is 101 Å². The van der Waals surface area contributed by atoms with E-state index in [1.54, 1.807) is 42.7 Å². The third kappa shape index (κ3) is 3.40. The largest absolute Gasteiger partial charge is 0.497 e. The summed E-state index contributed by atoms with van der Waals surface area (Å²) in [7, 11) is 1.57. The number of aromatic amines is 1. The van der Waals surface area contributed by atoms with Gasteiger partial charge < -0.3 is 10.1 Å². The molecule has 8 nitrogen and oxygen atoms in total. The molecule has 0 bridgehead atoms. The van der Waals surface area contributed by atoms with Crippen LogP contribution in [-0.4, -0.2) is 38.4 Å². The van der Waals surface area contributed by atoms with Gasteiger partial charge in [0.1, 0.15) is 5.75 Å². The first kappa shape index (κ1) is 16.1. The first-order chi connectivity index (χ1) is 11.6. The Hall–Kier alpha value is -2.81. The molecular weight excluding hydrogens is 330 g/mol. The molecule has 2 heterocycles. The van der Waals surface area contributed by atoms with E-state index in [1.165, 1.54) is 17.8 Å². The van der Waals surface area contributed by atoms with Gasteiger partial charge in [-0.1, -0.05) is 17.8 Å². The van der Waals surface area contributed by atoms with Crippen molar-refractivity contribution in [1.29, 1.82) is 0 Å². The fraction of sp³-hybridized carbons (Fsp3) is 0.200. The van der Waals surface area contributed by atoms with E-state index in [1.807, 2.05) is 0 Å². The molecule has 3 aromatic rings. The highest BCUT2D eigenvalue weighted by molar-refractivity contribution is 7.99. The molecule has 2 aromatic heterocycles. The molecule has 1 aromatic carbocycles. The first-order valence-electron chi connectivity index (χ1n) is 7.08. The smallest absolute Gasteiger partial charge is 0.252 e. The van der Waals surface area contributed by atoms with Gasteiger partial charge >= 0.3 is 0 Å². The average molecular weight is 345 g/mol. The van der Waals surface area contributed by atoms with E-state index >= 15 is 0 Å². The number of anilines is 1. The molecule has 0 atom stereocenters. The number of amides is 1. The number of aromatic nitrogens is 4. The summed E-state index contributed by atoms with van der Waals surface area (Å²) in [5, 5.41) is 11.3. The monoisotopic (exact) mass is 345 g/mol. The Bertz CT molecular complexity index is 950. The molecular formula is C15H15N5O3S. The Balaban J connectivity index is 1.69. The van der Waals surface area contributed by atoms with E-state index in [9.17, 15) is 9.59 Å². The number of hydrogen-bond acceptors (Lipinski definition) is 6. The molecule has 0 saturated heterocycles. The number of carbonyl (C=O) groups is 1. The van der Waals surface area contributed by atoms with Gasteiger partial charge in [0.05, 0.1) is 12.9 Å². The zero-order valence-corrected chi connectivity index (χ0v) is 13.9. The third-order valence-corrected chi connectivity index (χ3v) is 4.18. The number of methoxy groups -OCH3 is 1. The van der Waals surface area contributed by atoms with Crippen molar-refractivity contribution in [3.8, 4) is 5.75 Å². The number of nitrogens with one attached hydrogen (secondary N) is 2. The second-order valence-corrected chi connectivity index (χ2v) is 5.93. The molecule has 0 radical (unpaired) electrons. The summed E-state index contributed by atoms with van der Waals surface area (Å²) in [6, 6.07) is 8.58. The maximum absolute atomic E-state index is 12.1. The second-order valence-electron chi connectivity index (χ2n) is 4.99. The molecule has 0 aliphatic heterocycles. The fourth-order valence-electron chi connectivity index (χ4n) is 2.19. The van der Waals surface area contributed by atoms with Crippen LogP contribution in [0.25, 0.3) is 5.78 Å². The highest BCUT2D eigenvalue weighted by atomic mass is 32.2. The van der Waals surface area contributed by atoms with Crippen LogP contribution in [0.3, 0.4) is 0 Å². The van der Waals surface area contributed by atoms with E-state index in [0.717, 1.165) is 0 Å². The van der Waals surface area contributed by atoms with Crippen molar-refractivity contribution in [2.75, 3.05) is 18.2 Å². The number of ether oxygens (including phenoxy) is 1. The Morgan fingerprint density at radius 3 is 3.00 bits per heavy atom. The molecule has 1 amide bonds. The van der Waals surface area contributed by atoms with E-state index < -0.39 is 0 Å². The van der Waals surface area contributed by atoms with Gasteiger partial charge in [-0.05, 0) is 19.1 Å². The second kappa shape index (κ2) is 6.75. The number of aryl methyl sites for hydroxylation is 1. The summed E-state index contributed by atoms with van der Waals surface area (Å²) in [6.45, 7) is 1.78. The van der Waals surface area contributed by atoms with Crippen LogP contribution in [0, 0.1) is 6.92 Å². The fourth-order valence-corrected chi connectivity index (χ4v) is 2.98. The van der Waals surface area contributed by atoms with Gasteiger partial charge in [-0.2, -0.15) is 0 Å². The van der Waals surface area contributed by atoms with Crippen LogP contribution in [0.4, 0.5) is 5.69 Å². The lowest BCUT2D eigenvalue weighted by molar-refractivity contribution is -0.113. The van der Waals surface area contributed by atoms with E-state index in [4.69, 9.17) is 4.74 Å². The zero-order valence-electron chi connectivity index (χ0n) is 13.1. The van der Waals surface area contributed by atoms with Crippen molar-refractivity contribution in [2.45, 2.75) is 12.1 Å². The molecule has 0 fully saturated rings. The quantitative estimate of drug-likeness (QED) is 0.679. The minimum Gasteiger partial charge on any atom is -0.497 e. The van der Waals surface area contributed by atoms with Gasteiger partial charge in [0.2, 0.25) is 11.7 Å². The SMILES string of the molecule is COc1cccc(NC(=O)CSc2nnc3[nH]c(=O)cc(C)n23)c1. The summed E-state index contributed by atoms with van der Waals surface area (Å²) in [4.78, 5) is 26.1. The van der Waals surface area contributed by atoms with Crippen LogP contribution in [-0.2, 0) is 4.79 Å². The number of benzene rings is 1. The number of thioether (sulfide) groups is 1. The molecule has 0 unspecified atom stereocenters. The zero-order chi connectivity index (χ0) is 17.1. The molecule has 0 aliphatic carbocycles. The summed E-state index contributed by atoms with van der Waals surface area (Å²) >= 11 is 1.24. The van der Waals surface area contributed by atoms with Crippen LogP contribution in [0.15, 0.2) is 40.3 Å². The maximum Gasteiger partial charge on any atom is 0.252 e. The van der Waals surface area contributed by atoms with Crippen LogP contribution >= 0.6 is 11.8 Å². The lowest BCUT2D eigenvalue weighted by Crippen LogP contribution is -2.14. The number of H-pyrrole nitrogens is 1. The molecule has 0 spiro atoms. The van der Waals surface area contributed by atoms with Crippen molar-refractivity contribution in [3.63, 3.8) is 0 Å². The minimum atomic E-state index is -0.236. The molecule has 9 heteroatoms. The van der Waals surface area contributed by atoms with E-state index in [0.29, 0.717) is 28.1 Å². The maximum atomic E-state index is 12.1. The van der Waals surface area contributed by atoms with Crippen molar-refractivity contribution < 1.29 is 9.53 Å². The van der Waals surface area contributed by atoms with Gasteiger partial charge in [-0.3, -0.25) is 19.0 Å². The van der Waals surface area contributed by atoms with Gasteiger partial charge in [0.25, 0.3) is 5.56 Å². The molecule has 2 N–H and O–H groups in total. The first-order valence-corrected chi connectivity index (χ1v) is 8.07. The molecule has 24 heavy (non-hydrogen) atoms. The highest BCUT2D eigenvalue weighted by Crippen LogP contribution is 2.19. The molecule has 0 aliphatic rings. The normalized spacial score (nSPS) is 10.8. The summed E-state index contributed by atoms with van der Waals surface area (Å²) in [5.41, 5.74) is 1.13. The Kier molecular flexibility index (Phi) is 4.52. The number of rotatable bonds is 5. The number of nitrogens with zero attached hydrogens (tertiary/aromatic N) is 3. The number of carbonyl (C=O) groups excluding carboxylic acids is 1. The van der Waals surface area contributed by atoms with Gasteiger partial charge in [0, 0.05) is 23.5 Å². The Morgan fingerprint density at radius 1 is 1.38 bits per heavy atom. The lowest BCUT2D eigenvalue weighted by Gasteiger charge is -2.07. The molecule has 124 valence electrons. The van der Waals surface area contributed by atoms with Crippen molar-refractivity contribution in [1.82, 2.24) is 19.6 Å². The lowest BCUT2D eigenvalue weighted by atomic mass is 10.3. The summed E-state index contributed by atoms with van der Waals surface area (Å²) in [5.74, 6) is 1.02. The van der Waals surface area contributed by atoms with Gasteiger partial charge in [-0.15, -0.1) is 10.2 Å². The molecule has 0 saturated carbocycles. The van der Waals surface area contributed by atoms with E-state index in [-0.39, 0.29) is 17.2 Å². The Labute approximate surface area is 141 Å². The molecule has 3 rings (SSSR count). The predicted octanol–water partition coefficient (Wildman–Crippen LogP) is 1.47. The van der Waals surface area contributed by atoms with Crippen LogP contribution < -0.4 is 15.6 Å². The number of fused-ring (bicyclic) bond motifs is 1. The minimum absolute atomic E-state index is 0.163. The van der Waals surface area contributed by atoms with Gasteiger partial charge in [0.15, 0.2) is 5.16 Å². The predicted molar refractivity (Wildman–Crippen MR) is 90.7 cm³/mol. The van der Waals surface area contributed by atoms with E-state index in [2.05, 4.69) is 20.5 Å². The van der Waals surface area contributed by atoms with Crippen LogP contribution in [0.5, 0.6) is 5.75 Å². The van der Waals surface area contributed by atoms with Crippen LogP contribution in [0.1, 0.15) is 5.69 Å².